The van der Waals surface area contributed by atoms with Crippen molar-refractivity contribution in [1.82, 2.24) is 25.4 Å². The standard InChI is InChI=1S/C24H20N6O3/c1-24(18-10-9-15-5-2-3-6-16(15)11-18)22(32)30(23(33)28-24)13-20(31)27-19-8-4-7-17(12-19)21-25-14-26-29-21/h2-12,14H,13H2,1H3,(H,27,31)(H,28,33)(H,25,26,29). The van der Waals surface area contributed by atoms with Gasteiger partial charge in [0.25, 0.3) is 5.91 Å². The average Bonchev–Trinajstić information content (AvgIpc) is 3.43. The summed E-state index contributed by atoms with van der Waals surface area (Å²) >= 11 is 0. The number of urea groups is 1. The minimum Gasteiger partial charge on any atom is -0.325 e. The lowest BCUT2D eigenvalue weighted by molar-refractivity contribution is -0.133. The number of benzene rings is 3. The van der Waals surface area contributed by atoms with Crippen LogP contribution in [0.15, 0.2) is 73.1 Å². The van der Waals surface area contributed by atoms with Crippen LogP contribution in [0.1, 0.15) is 12.5 Å². The van der Waals surface area contributed by atoms with Gasteiger partial charge in [-0.25, -0.2) is 9.78 Å². The van der Waals surface area contributed by atoms with E-state index in [1.807, 2.05) is 48.5 Å². The van der Waals surface area contributed by atoms with Crippen molar-refractivity contribution in [3.8, 4) is 11.4 Å². The minimum atomic E-state index is -1.26. The van der Waals surface area contributed by atoms with Gasteiger partial charge in [-0.3, -0.25) is 19.6 Å². The van der Waals surface area contributed by atoms with Crippen molar-refractivity contribution in [3.05, 3.63) is 78.6 Å². The molecule has 1 unspecified atom stereocenters. The molecule has 0 aliphatic carbocycles. The summed E-state index contributed by atoms with van der Waals surface area (Å²) in [4.78, 5) is 43.5. The number of amides is 4. The van der Waals surface area contributed by atoms with Gasteiger partial charge in [-0.2, -0.15) is 5.10 Å². The van der Waals surface area contributed by atoms with Crippen LogP contribution in [0, 0.1) is 0 Å². The molecule has 1 aromatic heterocycles. The zero-order valence-corrected chi connectivity index (χ0v) is 17.7. The smallest absolute Gasteiger partial charge is 0.325 e. The topological polar surface area (TPSA) is 120 Å². The highest BCUT2D eigenvalue weighted by Crippen LogP contribution is 2.31. The Morgan fingerprint density at radius 2 is 1.85 bits per heavy atom. The number of nitrogens with one attached hydrogen (secondary N) is 3. The molecule has 5 rings (SSSR count). The molecule has 0 spiro atoms. The highest BCUT2D eigenvalue weighted by molar-refractivity contribution is 6.10. The number of anilines is 1. The van der Waals surface area contributed by atoms with E-state index >= 15 is 0 Å². The highest BCUT2D eigenvalue weighted by atomic mass is 16.2. The molecule has 1 atom stereocenters. The number of nitrogens with zero attached hydrogens (tertiary/aromatic N) is 3. The third kappa shape index (κ3) is 3.69. The number of imide groups is 1. The van der Waals surface area contributed by atoms with Crippen LogP contribution in [0.4, 0.5) is 10.5 Å². The number of carbonyl (C=O) groups excluding carboxylic acids is 3. The summed E-state index contributed by atoms with van der Waals surface area (Å²) in [5.74, 6) is -0.407. The Kier molecular flexibility index (Phi) is 4.86. The Hall–Kier alpha value is -4.53. The van der Waals surface area contributed by atoms with Gasteiger partial charge in [0.1, 0.15) is 18.4 Å². The quantitative estimate of drug-likeness (QED) is 0.412. The van der Waals surface area contributed by atoms with Crippen LogP contribution in [0.2, 0.25) is 0 Å². The number of hydrogen-bond donors (Lipinski definition) is 3. The van der Waals surface area contributed by atoms with E-state index in [0.29, 0.717) is 17.1 Å². The molecule has 1 saturated heterocycles. The van der Waals surface area contributed by atoms with Crippen LogP contribution in [0.5, 0.6) is 0 Å². The molecule has 3 N–H and O–H groups in total. The predicted molar refractivity (Wildman–Crippen MR) is 122 cm³/mol. The van der Waals surface area contributed by atoms with Gasteiger partial charge in [0.2, 0.25) is 5.91 Å². The van der Waals surface area contributed by atoms with Gasteiger partial charge in [0.15, 0.2) is 5.82 Å². The lowest BCUT2D eigenvalue weighted by atomic mass is 9.90. The summed E-state index contributed by atoms with van der Waals surface area (Å²) in [5.41, 5.74) is 0.651. The first-order chi connectivity index (χ1) is 15.9. The molecular formula is C24H20N6O3. The van der Waals surface area contributed by atoms with Gasteiger partial charge in [-0.1, -0.05) is 48.5 Å². The van der Waals surface area contributed by atoms with Gasteiger partial charge in [-0.15, -0.1) is 0 Å². The van der Waals surface area contributed by atoms with Crippen molar-refractivity contribution in [2.45, 2.75) is 12.5 Å². The molecule has 0 bridgehead atoms. The van der Waals surface area contributed by atoms with Gasteiger partial charge in [-0.05, 0) is 41.5 Å². The second-order valence-electron chi connectivity index (χ2n) is 7.97. The minimum absolute atomic E-state index is 0.402. The number of aromatic amines is 1. The Morgan fingerprint density at radius 3 is 2.64 bits per heavy atom. The van der Waals surface area contributed by atoms with E-state index in [2.05, 4.69) is 25.8 Å². The van der Waals surface area contributed by atoms with Crippen molar-refractivity contribution < 1.29 is 14.4 Å². The first-order valence-corrected chi connectivity index (χ1v) is 10.3. The second-order valence-corrected chi connectivity index (χ2v) is 7.97. The summed E-state index contributed by atoms with van der Waals surface area (Å²) in [6.45, 7) is 1.25. The number of carbonyl (C=O) groups is 3. The SMILES string of the molecule is CC1(c2ccc3ccccc3c2)NC(=O)N(CC(=O)Nc2cccc(-c3ncn[nH]3)c2)C1=O. The lowest BCUT2D eigenvalue weighted by Gasteiger charge is -2.22. The fourth-order valence-electron chi connectivity index (χ4n) is 3.97. The summed E-state index contributed by atoms with van der Waals surface area (Å²) in [5, 5.41) is 14.0. The molecular weight excluding hydrogens is 420 g/mol. The average molecular weight is 440 g/mol. The molecule has 2 heterocycles. The molecule has 33 heavy (non-hydrogen) atoms. The van der Waals surface area contributed by atoms with E-state index in [9.17, 15) is 14.4 Å². The number of H-pyrrole nitrogens is 1. The number of fused-ring (bicyclic) bond motifs is 1. The third-order valence-electron chi connectivity index (χ3n) is 5.74. The van der Waals surface area contributed by atoms with Crippen molar-refractivity contribution >= 4 is 34.3 Å². The summed E-state index contributed by atoms with van der Waals surface area (Å²) in [6.07, 6.45) is 1.39. The van der Waals surface area contributed by atoms with Gasteiger partial charge >= 0.3 is 6.03 Å². The Bertz CT molecular complexity index is 1380. The fourth-order valence-corrected chi connectivity index (χ4v) is 3.97. The van der Waals surface area contributed by atoms with Gasteiger partial charge in [0.05, 0.1) is 0 Å². The molecule has 1 aliphatic heterocycles. The van der Waals surface area contributed by atoms with Crippen LogP contribution in [0.25, 0.3) is 22.2 Å². The first kappa shape index (κ1) is 20.4. The molecule has 4 aromatic rings. The van der Waals surface area contributed by atoms with Gasteiger partial charge in [0, 0.05) is 11.3 Å². The molecule has 1 aliphatic rings. The Labute approximate surface area is 188 Å². The Morgan fingerprint density at radius 1 is 1.03 bits per heavy atom. The summed E-state index contributed by atoms with van der Waals surface area (Å²) < 4.78 is 0. The maximum absolute atomic E-state index is 13.2. The fraction of sp³-hybridized carbons (Fsp3) is 0.125. The number of rotatable bonds is 5. The maximum Gasteiger partial charge on any atom is 0.325 e. The van der Waals surface area contributed by atoms with E-state index in [1.165, 1.54) is 6.33 Å². The van der Waals surface area contributed by atoms with Crippen LogP contribution in [-0.2, 0) is 15.1 Å². The molecule has 9 heteroatoms. The van der Waals surface area contributed by atoms with E-state index in [1.54, 1.807) is 25.1 Å². The molecule has 0 radical (unpaired) electrons. The monoisotopic (exact) mass is 440 g/mol. The largest absolute Gasteiger partial charge is 0.325 e. The normalized spacial score (nSPS) is 17.9. The molecule has 0 saturated carbocycles. The van der Waals surface area contributed by atoms with Crippen LogP contribution < -0.4 is 10.6 Å². The van der Waals surface area contributed by atoms with E-state index in [-0.39, 0.29) is 0 Å². The van der Waals surface area contributed by atoms with E-state index < -0.39 is 29.9 Å². The van der Waals surface area contributed by atoms with E-state index in [0.717, 1.165) is 21.2 Å². The van der Waals surface area contributed by atoms with Crippen molar-refractivity contribution in [3.63, 3.8) is 0 Å². The number of hydrogen-bond acceptors (Lipinski definition) is 5. The van der Waals surface area contributed by atoms with E-state index in [4.69, 9.17) is 0 Å². The highest BCUT2D eigenvalue weighted by Gasteiger charge is 2.49. The maximum atomic E-state index is 13.2. The van der Waals surface area contributed by atoms with Gasteiger partial charge < -0.3 is 10.6 Å². The van der Waals surface area contributed by atoms with Crippen LogP contribution in [-0.4, -0.2) is 44.5 Å². The molecule has 9 nitrogen and oxygen atoms in total. The number of aromatic nitrogens is 3. The lowest BCUT2D eigenvalue weighted by Crippen LogP contribution is -2.42. The zero-order valence-electron chi connectivity index (χ0n) is 17.7. The summed E-state index contributed by atoms with van der Waals surface area (Å²) in [6, 6.07) is 19.8. The predicted octanol–water partition coefficient (Wildman–Crippen LogP) is 3.03. The van der Waals surface area contributed by atoms with Crippen molar-refractivity contribution in [1.29, 1.82) is 0 Å². The van der Waals surface area contributed by atoms with Crippen LogP contribution in [0.3, 0.4) is 0 Å². The zero-order chi connectivity index (χ0) is 23.0. The first-order valence-electron chi connectivity index (χ1n) is 10.3. The van der Waals surface area contributed by atoms with Crippen molar-refractivity contribution in [2.24, 2.45) is 0 Å². The second kappa shape index (κ2) is 7.86. The molecule has 1 fully saturated rings. The van der Waals surface area contributed by atoms with Crippen LogP contribution >= 0.6 is 0 Å². The molecule has 164 valence electrons. The third-order valence-corrected chi connectivity index (χ3v) is 5.74. The molecule has 3 aromatic carbocycles. The Balaban J connectivity index is 1.33. The van der Waals surface area contributed by atoms with Crippen molar-refractivity contribution in [2.75, 3.05) is 11.9 Å². The molecule has 4 amide bonds. The summed E-state index contributed by atoms with van der Waals surface area (Å²) in [7, 11) is 0.